The molecular formula is C10H16N2O3. The molecule has 1 atom stereocenters. The average molecular weight is 212 g/mol. The van der Waals surface area contributed by atoms with E-state index in [0.29, 0.717) is 25.1 Å². The summed E-state index contributed by atoms with van der Waals surface area (Å²) in [5, 5.41) is 15.5. The van der Waals surface area contributed by atoms with Gasteiger partial charge in [0.2, 0.25) is 5.76 Å². The maximum absolute atomic E-state index is 11.4. The minimum Gasteiger partial charge on any atom is -0.393 e. The zero-order valence-electron chi connectivity index (χ0n) is 8.99. The van der Waals surface area contributed by atoms with Gasteiger partial charge in [0.05, 0.1) is 11.8 Å². The molecule has 0 aliphatic rings. The van der Waals surface area contributed by atoms with Crippen molar-refractivity contribution in [3.05, 3.63) is 17.5 Å². The molecule has 0 fully saturated rings. The molecule has 0 spiro atoms. The van der Waals surface area contributed by atoms with Crippen molar-refractivity contribution in [2.45, 2.75) is 32.8 Å². The molecule has 0 saturated carbocycles. The first kappa shape index (κ1) is 11.7. The van der Waals surface area contributed by atoms with Crippen LogP contribution in [0, 0.1) is 6.92 Å². The quantitative estimate of drug-likeness (QED) is 0.759. The van der Waals surface area contributed by atoms with Gasteiger partial charge >= 0.3 is 0 Å². The molecule has 0 radical (unpaired) electrons. The van der Waals surface area contributed by atoms with Crippen LogP contribution in [-0.4, -0.2) is 28.8 Å². The number of amides is 1. The number of hydrogen-bond acceptors (Lipinski definition) is 4. The first-order valence-corrected chi connectivity index (χ1v) is 5.03. The monoisotopic (exact) mass is 212 g/mol. The van der Waals surface area contributed by atoms with Crippen LogP contribution in [0.3, 0.4) is 0 Å². The highest BCUT2D eigenvalue weighted by Crippen LogP contribution is 2.02. The first-order valence-electron chi connectivity index (χ1n) is 5.03. The van der Waals surface area contributed by atoms with E-state index in [1.807, 2.05) is 6.92 Å². The molecule has 0 aromatic carbocycles. The van der Waals surface area contributed by atoms with Gasteiger partial charge < -0.3 is 14.9 Å². The lowest BCUT2D eigenvalue weighted by atomic mass is 10.2. The molecular weight excluding hydrogens is 196 g/mol. The number of nitrogens with one attached hydrogen (secondary N) is 1. The van der Waals surface area contributed by atoms with Gasteiger partial charge in [-0.1, -0.05) is 12.1 Å². The van der Waals surface area contributed by atoms with Crippen LogP contribution >= 0.6 is 0 Å². The Kier molecular flexibility index (Phi) is 4.30. The molecule has 1 heterocycles. The first-order chi connectivity index (χ1) is 7.13. The summed E-state index contributed by atoms with van der Waals surface area (Å²) in [5.74, 6) is -0.0857. The number of hydrogen-bond donors (Lipinski definition) is 2. The Balaban J connectivity index is 2.31. The number of carbonyl (C=O) groups is 1. The zero-order valence-corrected chi connectivity index (χ0v) is 8.99. The number of aromatic nitrogens is 1. The summed E-state index contributed by atoms with van der Waals surface area (Å²) >= 11 is 0. The van der Waals surface area contributed by atoms with Crippen molar-refractivity contribution in [2.75, 3.05) is 6.54 Å². The van der Waals surface area contributed by atoms with E-state index >= 15 is 0 Å². The summed E-state index contributed by atoms with van der Waals surface area (Å²) in [6.45, 7) is 4.08. The minimum absolute atomic E-state index is 0.207. The lowest BCUT2D eigenvalue weighted by Crippen LogP contribution is -2.26. The highest BCUT2D eigenvalue weighted by atomic mass is 16.5. The van der Waals surface area contributed by atoms with Gasteiger partial charge in [-0.15, -0.1) is 0 Å². The third-order valence-corrected chi connectivity index (χ3v) is 2.09. The molecule has 1 amide bonds. The van der Waals surface area contributed by atoms with Crippen molar-refractivity contribution in [3.63, 3.8) is 0 Å². The molecule has 84 valence electrons. The molecule has 0 aliphatic carbocycles. The molecule has 0 aliphatic heterocycles. The van der Waals surface area contributed by atoms with Crippen molar-refractivity contribution < 1.29 is 14.4 Å². The van der Waals surface area contributed by atoms with Crippen LogP contribution in [0.2, 0.25) is 0 Å². The largest absolute Gasteiger partial charge is 0.393 e. The van der Waals surface area contributed by atoms with Gasteiger partial charge in [-0.25, -0.2) is 0 Å². The van der Waals surface area contributed by atoms with Gasteiger partial charge in [0, 0.05) is 12.6 Å². The number of aryl methyl sites for hydroxylation is 1. The molecule has 1 rings (SSSR count). The topological polar surface area (TPSA) is 75.4 Å². The maximum Gasteiger partial charge on any atom is 0.289 e. The average Bonchev–Trinajstić information content (AvgIpc) is 2.64. The second-order valence-electron chi connectivity index (χ2n) is 3.44. The molecule has 1 aromatic heterocycles. The Hall–Kier alpha value is -1.36. The minimum atomic E-state index is -0.359. The SMILES string of the molecule is CCC(O)CCNC(=O)c1cc(C)no1. The Morgan fingerprint density at radius 2 is 2.47 bits per heavy atom. The highest BCUT2D eigenvalue weighted by molar-refractivity contribution is 5.91. The van der Waals surface area contributed by atoms with Gasteiger partial charge in [0.1, 0.15) is 0 Å². The van der Waals surface area contributed by atoms with E-state index in [-0.39, 0.29) is 17.8 Å². The molecule has 2 N–H and O–H groups in total. The number of rotatable bonds is 5. The van der Waals surface area contributed by atoms with E-state index in [1.165, 1.54) is 0 Å². The van der Waals surface area contributed by atoms with Crippen molar-refractivity contribution in [1.29, 1.82) is 0 Å². The Morgan fingerprint density at radius 1 is 1.73 bits per heavy atom. The van der Waals surface area contributed by atoms with E-state index in [2.05, 4.69) is 10.5 Å². The number of aliphatic hydroxyl groups is 1. The van der Waals surface area contributed by atoms with E-state index < -0.39 is 0 Å². The molecule has 15 heavy (non-hydrogen) atoms. The standard InChI is InChI=1S/C10H16N2O3/c1-3-8(13)4-5-11-10(14)9-6-7(2)12-15-9/h6,8,13H,3-5H2,1-2H3,(H,11,14). The Morgan fingerprint density at radius 3 is 3.00 bits per heavy atom. The molecule has 5 nitrogen and oxygen atoms in total. The van der Waals surface area contributed by atoms with Crippen LogP contribution in [0.25, 0.3) is 0 Å². The second kappa shape index (κ2) is 5.50. The van der Waals surface area contributed by atoms with E-state index in [0.717, 1.165) is 0 Å². The number of carbonyl (C=O) groups excluding carboxylic acids is 1. The highest BCUT2D eigenvalue weighted by Gasteiger charge is 2.11. The van der Waals surface area contributed by atoms with E-state index in [4.69, 9.17) is 4.52 Å². The summed E-state index contributed by atoms with van der Waals surface area (Å²) in [6.07, 6.45) is 0.883. The maximum atomic E-state index is 11.4. The molecule has 5 heteroatoms. The van der Waals surface area contributed by atoms with Gasteiger partial charge in [-0.05, 0) is 19.8 Å². The summed E-state index contributed by atoms with van der Waals surface area (Å²) in [6, 6.07) is 1.57. The number of nitrogens with zero attached hydrogens (tertiary/aromatic N) is 1. The molecule has 0 bridgehead atoms. The van der Waals surface area contributed by atoms with Crippen LogP contribution in [0.4, 0.5) is 0 Å². The van der Waals surface area contributed by atoms with Gasteiger partial charge in [0.25, 0.3) is 5.91 Å². The van der Waals surface area contributed by atoms with Crippen LogP contribution in [0.5, 0.6) is 0 Å². The lowest BCUT2D eigenvalue weighted by Gasteiger charge is -2.07. The predicted molar refractivity (Wildman–Crippen MR) is 54.5 cm³/mol. The van der Waals surface area contributed by atoms with Crippen LogP contribution in [0.15, 0.2) is 10.6 Å². The fourth-order valence-corrected chi connectivity index (χ4v) is 1.11. The van der Waals surface area contributed by atoms with Crippen molar-refractivity contribution in [1.82, 2.24) is 10.5 Å². The smallest absolute Gasteiger partial charge is 0.289 e. The van der Waals surface area contributed by atoms with Gasteiger partial charge in [-0.2, -0.15) is 0 Å². The third kappa shape index (κ3) is 3.71. The lowest BCUT2D eigenvalue weighted by molar-refractivity contribution is 0.0905. The zero-order chi connectivity index (χ0) is 11.3. The van der Waals surface area contributed by atoms with Crippen molar-refractivity contribution in [3.8, 4) is 0 Å². The third-order valence-electron chi connectivity index (χ3n) is 2.09. The van der Waals surface area contributed by atoms with Crippen LogP contribution in [-0.2, 0) is 0 Å². The normalized spacial score (nSPS) is 12.5. The molecule has 0 saturated heterocycles. The molecule has 1 aromatic rings. The summed E-state index contributed by atoms with van der Waals surface area (Å²) in [5.41, 5.74) is 0.675. The number of aliphatic hydroxyl groups excluding tert-OH is 1. The summed E-state index contributed by atoms with van der Waals surface area (Å²) in [7, 11) is 0. The van der Waals surface area contributed by atoms with Gasteiger partial charge in [0.15, 0.2) is 0 Å². The fourth-order valence-electron chi connectivity index (χ4n) is 1.11. The van der Waals surface area contributed by atoms with E-state index in [1.54, 1.807) is 13.0 Å². The Bertz CT molecular complexity index is 322. The fraction of sp³-hybridized carbons (Fsp3) is 0.600. The molecule has 1 unspecified atom stereocenters. The van der Waals surface area contributed by atoms with Gasteiger partial charge in [-0.3, -0.25) is 4.79 Å². The van der Waals surface area contributed by atoms with E-state index in [9.17, 15) is 9.90 Å². The summed E-state index contributed by atoms with van der Waals surface area (Å²) < 4.78 is 4.79. The van der Waals surface area contributed by atoms with Crippen molar-refractivity contribution in [2.24, 2.45) is 0 Å². The second-order valence-corrected chi connectivity index (χ2v) is 3.44. The van der Waals surface area contributed by atoms with Crippen LogP contribution in [0.1, 0.15) is 36.0 Å². The predicted octanol–water partition coefficient (Wildman–Crippen LogP) is 0.874. The van der Waals surface area contributed by atoms with Crippen molar-refractivity contribution >= 4 is 5.91 Å². The van der Waals surface area contributed by atoms with Crippen LogP contribution < -0.4 is 5.32 Å². The summed E-state index contributed by atoms with van der Waals surface area (Å²) in [4.78, 5) is 11.4. The Labute approximate surface area is 88.5 Å².